The highest BCUT2D eigenvalue weighted by atomic mass is 35.5. The summed E-state index contributed by atoms with van der Waals surface area (Å²) in [6, 6.07) is 3.04. The average Bonchev–Trinajstić information content (AvgIpc) is 2.75. The van der Waals surface area contributed by atoms with Crippen LogP contribution >= 0.6 is 11.6 Å². The maximum atomic E-state index is 12.9. The molecule has 0 bridgehead atoms. The van der Waals surface area contributed by atoms with E-state index in [1.807, 2.05) is 0 Å². The van der Waals surface area contributed by atoms with Gasteiger partial charge in [-0.1, -0.05) is 11.6 Å². The molecule has 0 radical (unpaired) electrons. The molecule has 16 heavy (non-hydrogen) atoms. The van der Waals surface area contributed by atoms with E-state index in [0.29, 0.717) is 0 Å². The summed E-state index contributed by atoms with van der Waals surface area (Å²) in [7, 11) is 0. The van der Waals surface area contributed by atoms with Gasteiger partial charge in [-0.25, -0.2) is 13.5 Å². The highest BCUT2D eigenvalue weighted by molar-refractivity contribution is 6.33. The van der Waals surface area contributed by atoms with Gasteiger partial charge in [-0.15, -0.1) is 0 Å². The zero-order valence-corrected chi connectivity index (χ0v) is 8.58. The van der Waals surface area contributed by atoms with Crippen LogP contribution in [0.15, 0.2) is 30.6 Å². The second kappa shape index (κ2) is 4.02. The molecule has 0 fully saturated rings. The molecule has 1 aromatic carbocycles. The lowest BCUT2D eigenvalue weighted by molar-refractivity contribution is 0.0944. The van der Waals surface area contributed by atoms with Gasteiger partial charge < -0.3 is 0 Å². The Balaban J connectivity index is 2.49. The van der Waals surface area contributed by atoms with Gasteiger partial charge in [0.2, 0.25) is 0 Å². The molecule has 2 rings (SSSR count). The number of benzene rings is 1. The van der Waals surface area contributed by atoms with Crippen molar-refractivity contribution >= 4 is 17.5 Å². The fraction of sp³-hybridized carbons (Fsp3) is 0. The van der Waals surface area contributed by atoms with Gasteiger partial charge in [0.25, 0.3) is 5.91 Å². The predicted molar refractivity (Wildman–Crippen MR) is 53.3 cm³/mol. The molecule has 0 unspecified atom stereocenters. The monoisotopic (exact) mass is 242 g/mol. The Hall–Kier alpha value is -1.75. The maximum Gasteiger partial charge on any atom is 0.279 e. The van der Waals surface area contributed by atoms with Crippen molar-refractivity contribution in [3.8, 4) is 0 Å². The molecule has 1 aromatic heterocycles. The van der Waals surface area contributed by atoms with Crippen LogP contribution in [0.3, 0.4) is 0 Å². The molecule has 2 aromatic rings. The van der Waals surface area contributed by atoms with Crippen molar-refractivity contribution < 1.29 is 13.6 Å². The summed E-state index contributed by atoms with van der Waals surface area (Å²) in [6.07, 6.45) is 2.78. The first kappa shape index (κ1) is 10.8. The van der Waals surface area contributed by atoms with Crippen LogP contribution in [0.25, 0.3) is 0 Å². The molecule has 0 saturated heterocycles. The van der Waals surface area contributed by atoms with Gasteiger partial charge in [0, 0.05) is 12.4 Å². The van der Waals surface area contributed by atoms with E-state index >= 15 is 0 Å². The molecule has 0 aliphatic heterocycles. The first-order chi connectivity index (χ1) is 7.59. The molecule has 0 amide bonds. The van der Waals surface area contributed by atoms with Crippen LogP contribution < -0.4 is 0 Å². The van der Waals surface area contributed by atoms with Gasteiger partial charge in [0.05, 0.1) is 10.6 Å². The Morgan fingerprint density at radius 2 is 2.00 bits per heavy atom. The van der Waals surface area contributed by atoms with E-state index in [-0.39, 0.29) is 10.6 Å². The Morgan fingerprint density at radius 1 is 1.31 bits per heavy atom. The molecular formula is C10H5ClF2N2O. The minimum absolute atomic E-state index is 0.135. The standard InChI is InChI=1S/C10H5ClF2N2O/c11-7-5-9(13)8(12)4-6(7)10(16)15-3-1-2-14-15/h1-5H. The summed E-state index contributed by atoms with van der Waals surface area (Å²) >= 11 is 5.64. The summed E-state index contributed by atoms with van der Waals surface area (Å²) in [4.78, 5) is 11.7. The second-order valence-electron chi connectivity index (χ2n) is 3.00. The van der Waals surface area contributed by atoms with E-state index in [1.165, 1.54) is 18.5 Å². The fourth-order valence-electron chi connectivity index (χ4n) is 1.20. The van der Waals surface area contributed by atoms with Gasteiger partial charge in [0.15, 0.2) is 11.6 Å². The zero-order valence-electron chi connectivity index (χ0n) is 7.82. The quantitative estimate of drug-likeness (QED) is 0.720. The summed E-state index contributed by atoms with van der Waals surface area (Å²) in [5.41, 5.74) is -0.135. The van der Waals surface area contributed by atoms with Crippen molar-refractivity contribution in [3.05, 3.63) is 52.8 Å². The van der Waals surface area contributed by atoms with Crippen molar-refractivity contribution in [2.24, 2.45) is 0 Å². The molecule has 1 heterocycles. The van der Waals surface area contributed by atoms with Crippen LogP contribution in [0.2, 0.25) is 5.02 Å². The summed E-state index contributed by atoms with van der Waals surface area (Å²) < 4.78 is 26.7. The first-order valence-corrected chi connectivity index (χ1v) is 4.66. The third-order valence-corrected chi connectivity index (χ3v) is 2.27. The van der Waals surface area contributed by atoms with E-state index in [2.05, 4.69) is 5.10 Å². The minimum atomic E-state index is -1.13. The number of aromatic nitrogens is 2. The Morgan fingerprint density at radius 3 is 2.62 bits per heavy atom. The van der Waals surface area contributed by atoms with E-state index in [0.717, 1.165) is 16.8 Å². The zero-order chi connectivity index (χ0) is 11.7. The van der Waals surface area contributed by atoms with E-state index in [9.17, 15) is 13.6 Å². The van der Waals surface area contributed by atoms with Crippen molar-refractivity contribution in [1.29, 1.82) is 0 Å². The van der Waals surface area contributed by atoms with Gasteiger partial charge in [-0.2, -0.15) is 5.10 Å². The smallest absolute Gasteiger partial charge is 0.267 e. The van der Waals surface area contributed by atoms with Crippen LogP contribution in [0.4, 0.5) is 8.78 Å². The van der Waals surface area contributed by atoms with Gasteiger partial charge in [0.1, 0.15) is 0 Å². The summed E-state index contributed by atoms with van der Waals surface area (Å²) in [5, 5.41) is 3.52. The number of carbonyl (C=O) groups excluding carboxylic acids is 1. The fourth-order valence-corrected chi connectivity index (χ4v) is 1.43. The number of hydrogen-bond acceptors (Lipinski definition) is 2. The van der Waals surface area contributed by atoms with Crippen LogP contribution in [0.5, 0.6) is 0 Å². The molecular weight excluding hydrogens is 238 g/mol. The number of nitrogens with zero attached hydrogens (tertiary/aromatic N) is 2. The highest BCUT2D eigenvalue weighted by Gasteiger charge is 2.16. The number of carbonyl (C=O) groups is 1. The number of halogens is 3. The number of rotatable bonds is 1. The first-order valence-electron chi connectivity index (χ1n) is 4.28. The van der Waals surface area contributed by atoms with Crippen LogP contribution in [0.1, 0.15) is 10.4 Å². The van der Waals surface area contributed by atoms with Gasteiger partial charge in [-0.05, 0) is 18.2 Å². The molecule has 0 aliphatic rings. The molecule has 0 atom stereocenters. The largest absolute Gasteiger partial charge is 0.279 e. The van der Waals surface area contributed by atoms with Crippen LogP contribution in [-0.4, -0.2) is 15.7 Å². The summed E-state index contributed by atoms with van der Waals surface area (Å²) in [6.45, 7) is 0. The second-order valence-corrected chi connectivity index (χ2v) is 3.41. The lowest BCUT2D eigenvalue weighted by atomic mass is 10.2. The lowest BCUT2D eigenvalue weighted by Gasteiger charge is -2.03. The molecule has 0 spiro atoms. The molecule has 3 nitrogen and oxygen atoms in total. The lowest BCUT2D eigenvalue weighted by Crippen LogP contribution is -2.13. The molecule has 82 valence electrons. The Labute approximate surface area is 94.3 Å². The van der Waals surface area contributed by atoms with Crippen molar-refractivity contribution in [1.82, 2.24) is 9.78 Å². The van der Waals surface area contributed by atoms with E-state index < -0.39 is 17.5 Å². The molecule has 0 aliphatic carbocycles. The number of hydrogen-bond donors (Lipinski definition) is 0. The van der Waals surface area contributed by atoms with E-state index in [4.69, 9.17) is 11.6 Å². The third kappa shape index (κ3) is 1.81. The van der Waals surface area contributed by atoms with Gasteiger partial charge >= 0.3 is 0 Å². The molecule has 0 saturated carbocycles. The third-order valence-electron chi connectivity index (χ3n) is 1.95. The topological polar surface area (TPSA) is 34.9 Å². The average molecular weight is 243 g/mol. The Kier molecular flexibility index (Phi) is 2.70. The van der Waals surface area contributed by atoms with Crippen molar-refractivity contribution in [3.63, 3.8) is 0 Å². The van der Waals surface area contributed by atoms with Crippen LogP contribution in [-0.2, 0) is 0 Å². The minimum Gasteiger partial charge on any atom is -0.267 e. The Bertz CT molecular complexity index is 540. The molecule has 0 N–H and O–H groups in total. The van der Waals surface area contributed by atoms with Crippen molar-refractivity contribution in [2.75, 3.05) is 0 Å². The van der Waals surface area contributed by atoms with Crippen molar-refractivity contribution in [2.45, 2.75) is 0 Å². The summed E-state index contributed by atoms with van der Waals surface area (Å²) in [5.74, 6) is -2.84. The van der Waals surface area contributed by atoms with Gasteiger partial charge in [-0.3, -0.25) is 4.79 Å². The highest BCUT2D eigenvalue weighted by Crippen LogP contribution is 2.20. The normalized spacial score (nSPS) is 10.4. The van der Waals surface area contributed by atoms with E-state index in [1.54, 1.807) is 0 Å². The SMILES string of the molecule is O=C(c1cc(F)c(F)cc1Cl)n1cccn1. The van der Waals surface area contributed by atoms with Crippen LogP contribution in [0, 0.1) is 11.6 Å². The molecule has 6 heteroatoms. The predicted octanol–water partition coefficient (Wildman–Crippen LogP) is 2.50. The maximum absolute atomic E-state index is 12.9.